The average Bonchev–Trinajstić information content (AvgIpc) is 2.47. The van der Waals surface area contributed by atoms with Gasteiger partial charge in [0.05, 0.1) is 19.3 Å². The molecule has 2 rings (SSSR count). The lowest BCUT2D eigenvalue weighted by Crippen LogP contribution is -2.51. The van der Waals surface area contributed by atoms with Crippen LogP contribution in [0.15, 0.2) is 24.3 Å². The van der Waals surface area contributed by atoms with Crippen LogP contribution < -0.4 is 10.1 Å². The minimum absolute atomic E-state index is 0.232. The summed E-state index contributed by atoms with van der Waals surface area (Å²) in [5.74, 6) is 0.888. The Morgan fingerprint density at radius 1 is 1.29 bits per heavy atom. The van der Waals surface area contributed by atoms with Crippen molar-refractivity contribution in [2.45, 2.75) is 32.5 Å². The average molecular weight is 308 g/mol. The van der Waals surface area contributed by atoms with Crippen molar-refractivity contribution < 1.29 is 9.47 Å². The molecular formula is C16H24N2O2S. The van der Waals surface area contributed by atoms with Crippen molar-refractivity contribution in [1.82, 2.24) is 10.2 Å². The highest BCUT2D eigenvalue weighted by atomic mass is 32.1. The fraction of sp³-hybridized carbons (Fsp3) is 0.562. The van der Waals surface area contributed by atoms with E-state index in [1.807, 2.05) is 12.1 Å². The zero-order valence-corrected chi connectivity index (χ0v) is 13.8. The van der Waals surface area contributed by atoms with E-state index in [1.165, 1.54) is 5.56 Å². The van der Waals surface area contributed by atoms with Gasteiger partial charge in [-0.15, -0.1) is 0 Å². The topological polar surface area (TPSA) is 33.7 Å². The molecule has 0 amide bonds. The molecule has 0 radical (unpaired) electrons. The molecule has 21 heavy (non-hydrogen) atoms. The largest absolute Gasteiger partial charge is 0.497 e. The minimum atomic E-state index is 0.232. The van der Waals surface area contributed by atoms with Crippen molar-refractivity contribution in [3.63, 3.8) is 0 Å². The van der Waals surface area contributed by atoms with E-state index in [0.29, 0.717) is 0 Å². The Bertz CT molecular complexity index is 454. The summed E-state index contributed by atoms with van der Waals surface area (Å²) in [5, 5.41) is 4.17. The number of nitrogens with one attached hydrogen (secondary N) is 1. The number of rotatable bonds is 4. The molecule has 1 aromatic rings. The quantitative estimate of drug-likeness (QED) is 0.863. The molecule has 5 heteroatoms. The van der Waals surface area contributed by atoms with E-state index in [0.717, 1.165) is 36.9 Å². The first-order valence-corrected chi connectivity index (χ1v) is 7.80. The zero-order chi connectivity index (χ0) is 15.2. The van der Waals surface area contributed by atoms with E-state index < -0.39 is 0 Å². The molecule has 1 fully saturated rings. The van der Waals surface area contributed by atoms with Crippen LogP contribution in [0.2, 0.25) is 0 Å². The van der Waals surface area contributed by atoms with Crippen LogP contribution in [0, 0.1) is 0 Å². The van der Waals surface area contributed by atoms with E-state index in [2.05, 4.69) is 36.2 Å². The van der Waals surface area contributed by atoms with Gasteiger partial charge in [-0.3, -0.25) is 0 Å². The normalized spacial score (nSPS) is 22.0. The second kappa shape index (κ2) is 7.61. The highest BCUT2D eigenvalue weighted by Gasteiger charge is 2.23. The smallest absolute Gasteiger partial charge is 0.169 e. The van der Waals surface area contributed by atoms with Crippen LogP contribution in [0.25, 0.3) is 0 Å². The fourth-order valence-electron chi connectivity index (χ4n) is 2.56. The van der Waals surface area contributed by atoms with Crippen LogP contribution in [-0.2, 0) is 11.2 Å². The molecule has 2 atom stereocenters. The lowest BCUT2D eigenvalue weighted by Gasteiger charge is -2.36. The van der Waals surface area contributed by atoms with Gasteiger partial charge in [-0.1, -0.05) is 12.1 Å². The molecule has 0 saturated carbocycles. The molecule has 1 saturated heterocycles. The van der Waals surface area contributed by atoms with Crippen molar-refractivity contribution in [2.75, 3.05) is 26.7 Å². The van der Waals surface area contributed by atoms with E-state index >= 15 is 0 Å². The second-order valence-corrected chi connectivity index (χ2v) is 5.88. The van der Waals surface area contributed by atoms with Crippen molar-refractivity contribution in [2.24, 2.45) is 0 Å². The van der Waals surface area contributed by atoms with E-state index in [4.69, 9.17) is 21.7 Å². The van der Waals surface area contributed by atoms with E-state index in [-0.39, 0.29) is 12.2 Å². The number of hydrogen-bond acceptors (Lipinski definition) is 3. The first-order valence-electron chi connectivity index (χ1n) is 7.39. The Morgan fingerprint density at radius 2 is 1.90 bits per heavy atom. The van der Waals surface area contributed by atoms with Crippen LogP contribution in [0.1, 0.15) is 19.4 Å². The summed E-state index contributed by atoms with van der Waals surface area (Å²) in [6.07, 6.45) is 1.41. The van der Waals surface area contributed by atoms with Crippen molar-refractivity contribution in [3.05, 3.63) is 29.8 Å². The molecule has 1 aliphatic rings. The summed E-state index contributed by atoms with van der Waals surface area (Å²) in [5.41, 5.74) is 1.27. The Kier molecular flexibility index (Phi) is 5.82. The number of methoxy groups -OCH3 is 1. The lowest BCUT2D eigenvalue weighted by atomic mass is 10.1. The molecule has 1 heterocycles. The molecule has 0 spiro atoms. The lowest BCUT2D eigenvalue weighted by molar-refractivity contribution is -0.0481. The summed E-state index contributed by atoms with van der Waals surface area (Å²) >= 11 is 5.47. The van der Waals surface area contributed by atoms with Gasteiger partial charge >= 0.3 is 0 Å². The Morgan fingerprint density at radius 3 is 2.48 bits per heavy atom. The van der Waals surface area contributed by atoms with Crippen molar-refractivity contribution in [1.29, 1.82) is 0 Å². The predicted octanol–water partition coefficient (Wildman–Crippen LogP) is 2.22. The van der Waals surface area contributed by atoms with Crippen LogP contribution >= 0.6 is 12.2 Å². The standard InChI is InChI=1S/C16H24N2O2S/c1-12-10-18(11-13(2)20-12)16(21)17-9-8-14-4-6-15(19-3)7-5-14/h4-7,12-13H,8-11H2,1-3H3,(H,17,21). The predicted molar refractivity (Wildman–Crippen MR) is 88.9 cm³/mol. The highest BCUT2D eigenvalue weighted by molar-refractivity contribution is 7.80. The summed E-state index contributed by atoms with van der Waals surface area (Å²) < 4.78 is 10.9. The van der Waals surface area contributed by atoms with Gasteiger partial charge in [0.15, 0.2) is 5.11 Å². The van der Waals surface area contributed by atoms with Gasteiger partial charge in [-0.05, 0) is 50.2 Å². The van der Waals surface area contributed by atoms with Gasteiger partial charge in [0.25, 0.3) is 0 Å². The van der Waals surface area contributed by atoms with E-state index in [9.17, 15) is 0 Å². The minimum Gasteiger partial charge on any atom is -0.497 e. The summed E-state index contributed by atoms with van der Waals surface area (Å²) in [4.78, 5) is 2.20. The summed E-state index contributed by atoms with van der Waals surface area (Å²) in [7, 11) is 1.68. The number of benzene rings is 1. The molecule has 116 valence electrons. The Hall–Kier alpha value is -1.33. The third-order valence-corrected chi connectivity index (χ3v) is 3.96. The van der Waals surface area contributed by atoms with Gasteiger partial charge in [0, 0.05) is 19.6 Å². The summed E-state index contributed by atoms with van der Waals surface area (Å²) in [6.45, 7) is 6.73. The van der Waals surface area contributed by atoms with Crippen molar-refractivity contribution in [3.8, 4) is 5.75 Å². The number of nitrogens with zero attached hydrogens (tertiary/aromatic N) is 1. The molecule has 0 bridgehead atoms. The van der Waals surface area contributed by atoms with Gasteiger partial charge in [-0.2, -0.15) is 0 Å². The third kappa shape index (κ3) is 4.86. The fourth-order valence-corrected chi connectivity index (χ4v) is 2.81. The Labute approximate surface area is 132 Å². The third-order valence-electron chi connectivity index (χ3n) is 3.56. The SMILES string of the molecule is COc1ccc(CCNC(=S)N2CC(C)OC(C)C2)cc1. The second-order valence-electron chi connectivity index (χ2n) is 5.49. The molecule has 0 aliphatic carbocycles. The number of thiocarbonyl (C=S) groups is 1. The van der Waals surface area contributed by atoms with Gasteiger partial charge < -0.3 is 19.7 Å². The van der Waals surface area contributed by atoms with Crippen LogP contribution in [0.4, 0.5) is 0 Å². The van der Waals surface area contributed by atoms with Gasteiger partial charge in [-0.25, -0.2) is 0 Å². The maximum atomic E-state index is 5.72. The van der Waals surface area contributed by atoms with Gasteiger partial charge in [0.1, 0.15) is 5.75 Å². The number of hydrogen-bond donors (Lipinski definition) is 1. The summed E-state index contributed by atoms with van der Waals surface area (Å²) in [6, 6.07) is 8.14. The monoisotopic (exact) mass is 308 g/mol. The van der Waals surface area contributed by atoms with Crippen LogP contribution in [-0.4, -0.2) is 49.0 Å². The molecule has 0 aromatic heterocycles. The maximum Gasteiger partial charge on any atom is 0.169 e. The molecule has 1 aliphatic heterocycles. The van der Waals surface area contributed by atoms with E-state index in [1.54, 1.807) is 7.11 Å². The van der Waals surface area contributed by atoms with Crippen LogP contribution in [0.3, 0.4) is 0 Å². The first-order chi connectivity index (χ1) is 10.1. The van der Waals surface area contributed by atoms with Gasteiger partial charge in [0.2, 0.25) is 0 Å². The maximum absolute atomic E-state index is 5.72. The molecule has 2 unspecified atom stereocenters. The molecule has 1 aromatic carbocycles. The highest BCUT2D eigenvalue weighted by Crippen LogP contribution is 2.12. The molecular weight excluding hydrogens is 284 g/mol. The number of morpholine rings is 1. The number of ether oxygens (including phenoxy) is 2. The molecule has 1 N–H and O–H groups in total. The molecule has 4 nitrogen and oxygen atoms in total. The first kappa shape index (κ1) is 16.0. The zero-order valence-electron chi connectivity index (χ0n) is 13.0. The van der Waals surface area contributed by atoms with Crippen LogP contribution in [0.5, 0.6) is 5.75 Å². The van der Waals surface area contributed by atoms with Crippen molar-refractivity contribution >= 4 is 17.3 Å². The Balaban J connectivity index is 1.75.